The molecule has 0 aliphatic carbocycles. The second kappa shape index (κ2) is 5.10. The van der Waals surface area contributed by atoms with Gasteiger partial charge in [0.25, 0.3) is 0 Å². The molecule has 0 saturated heterocycles. The first-order valence-electron chi connectivity index (χ1n) is 3.68. The Balaban J connectivity index is 0.000000133. The van der Waals surface area contributed by atoms with Crippen LogP contribution in [0.1, 0.15) is 0 Å². The monoisotopic (exact) mass is 218 g/mol. The maximum Gasteiger partial charge on any atom is 0.162 e. The third kappa shape index (κ3) is 3.25. The highest BCUT2D eigenvalue weighted by Crippen LogP contribution is 2.13. The molecule has 0 spiro atoms. The number of carbonyl (C=O) groups is 1. The lowest BCUT2D eigenvalue weighted by Crippen LogP contribution is -1.98. The van der Waals surface area contributed by atoms with Gasteiger partial charge in [-0.3, -0.25) is 4.79 Å². The van der Waals surface area contributed by atoms with Gasteiger partial charge in [0.05, 0.1) is 11.8 Å². The van der Waals surface area contributed by atoms with Crippen LogP contribution >= 0.6 is 23.2 Å². The Morgan fingerprint density at radius 1 is 1.08 bits per heavy atom. The minimum absolute atomic E-state index is 0.0312. The molecule has 2 nitrogen and oxygen atoms in total. The molecule has 0 saturated carbocycles. The lowest BCUT2D eigenvalue weighted by Gasteiger charge is -1.77. The van der Waals surface area contributed by atoms with Crippen LogP contribution in [0, 0.1) is 0 Å². The van der Waals surface area contributed by atoms with Crippen molar-refractivity contribution in [3.8, 4) is 0 Å². The molecule has 0 unspecified atom stereocenters. The van der Waals surface area contributed by atoms with Gasteiger partial charge < -0.3 is 4.42 Å². The van der Waals surface area contributed by atoms with E-state index in [1.807, 2.05) is 24.3 Å². The maximum absolute atomic E-state index is 9.92. The molecular formula is C9H8Cl2O2. The van der Waals surface area contributed by atoms with Crippen molar-refractivity contribution in [3.05, 3.63) is 24.3 Å². The molecule has 0 N–H and O–H groups in total. The number of halogens is 2. The van der Waals surface area contributed by atoms with Crippen LogP contribution in [-0.4, -0.2) is 17.5 Å². The summed E-state index contributed by atoms with van der Waals surface area (Å²) in [7, 11) is 0. The zero-order valence-corrected chi connectivity index (χ0v) is 8.31. The Hall–Kier alpha value is -0.730. The SMILES string of the molecule is O=C(CCl)CCl.c1cc2ccc1o2. The molecule has 0 fully saturated rings. The molecule has 0 radical (unpaired) electrons. The van der Waals surface area contributed by atoms with Crippen molar-refractivity contribution in [1.29, 1.82) is 0 Å². The molecule has 2 bridgehead atoms. The zero-order chi connectivity index (χ0) is 9.68. The van der Waals surface area contributed by atoms with E-state index in [4.69, 9.17) is 27.6 Å². The fourth-order valence-corrected chi connectivity index (χ4v) is 1.03. The van der Waals surface area contributed by atoms with Crippen LogP contribution in [0.4, 0.5) is 0 Å². The zero-order valence-electron chi connectivity index (χ0n) is 6.80. The lowest BCUT2D eigenvalue weighted by atomic mass is 10.4. The topological polar surface area (TPSA) is 30.2 Å². The maximum atomic E-state index is 9.92. The number of fused-ring (bicyclic) bond motifs is 2. The summed E-state index contributed by atoms with van der Waals surface area (Å²) >= 11 is 10.0. The first-order valence-corrected chi connectivity index (χ1v) is 4.74. The van der Waals surface area contributed by atoms with E-state index in [1.165, 1.54) is 0 Å². The van der Waals surface area contributed by atoms with Gasteiger partial charge in [0.2, 0.25) is 0 Å². The van der Waals surface area contributed by atoms with E-state index in [-0.39, 0.29) is 17.5 Å². The van der Waals surface area contributed by atoms with Crippen LogP contribution in [0.3, 0.4) is 0 Å². The molecule has 0 aliphatic heterocycles. The minimum Gasteiger partial charge on any atom is -0.457 e. The fourth-order valence-electron chi connectivity index (χ4n) is 0.748. The molecular weight excluding hydrogens is 211 g/mol. The fraction of sp³-hybridized carbons (Fsp3) is 0.222. The Bertz CT molecular complexity index is 305. The standard InChI is InChI=1S/C6H4O.C3H4Cl2O/c1-2-6-4-3-5(1)7-6;4-1-3(6)2-5/h1-4H;1-2H2. The van der Waals surface area contributed by atoms with E-state index in [9.17, 15) is 4.79 Å². The van der Waals surface area contributed by atoms with E-state index in [0.717, 1.165) is 11.2 Å². The highest BCUT2D eigenvalue weighted by Gasteiger charge is 1.91. The third-order valence-electron chi connectivity index (χ3n) is 1.36. The van der Waals surface area contributed by atoms with Crippen molar-refractivity contribution in [3.63, 3.8) is 0 Å². The Kier molecular flexibility index (Phi) is 4.06. The average molecular weight is 219 g/mol. The smallest absolute Gasteiger partial charge is 0.162 e. The van der Waals surface area contributed by atoms with Crippen LogP contribution < -0.4 is 0 Å². The number of ketones is 1. The van der Waals surface area contributed by atoms with Crippen LogP contribution in [-0.2, 0) is 4.79 Å². The average Bonchev–Trinajstić information content (AvgIpc) is 2.81. The summed E-state index contributed by atoms with van der Waals surface area (Å²) < 4.78 is 5.08. The summed E-state index contributed by atoms with van der Waals surface area (Å²) in [6.07, 6.45) is 0. The normalized spacial score (nSPS) is 9.69. The van der Waals surface area contributed by atoms with Gasteiger partial charge in [-0.2, -0.15) is 0 Å². The van der Waals surface area contributed by atoms with Gasteiger partial charge in [-0.15, -0.1) is 23.2 Å². The first-order chi connectivity index (χ1) is 6.26. The summed E-state index contributed by atoms with van der Waals surface area (Å²) in [6.45, 7) is 0. The van der Waals surface area contributed by atoms with Gasteiger partial charge in [0.1, 0.15) is 11.2 Å². The van der Waals surface area contributed by atoms with Crippen LogP contribution in [0.2, 0.25) is 0 Å². The Morgan fingerprint density at radius 3 is 1.54 bits per heavy atom. The Morgan fingerprint density at radius 2 is 1.46 bits per heavy atom. The van der Waals surface area contributed by atoms with Crippen molar-refractivity contribution in [1.82, 2.24) is 0 Å². The van der Waals surface area contributed by atoms with E-state index in [1.54, 1.807) is 0 Å². The summed E-state index contributed by atoms with van der Waals surface area (Å²) in [5.41, 5.74) is 1.94. The molecule has 2 rings (SSSR count). The lowest BCUT2D eigenvalue weighted by molar-refractivity contribution is -0.114. The summed E-state index contributed by atoms with van der Waals surface area (Å²) in [5.74, 6) is -0.0640. The van der Waals surface area contributed by atoms with Gasteiger partial charge >= 0.3 is 0 Å². The van der Waals surface area contributed by atoms with Gasteiger partial charge in [-0.05, 0) is 24.3 Å². The molecule has 0 aromatic carbocycles. The predicted molar refractivity (Wildman–Crippen MR) is 53.8 cm³/mol. The van der Waals surface area contributed by atoms with Crippen LogP contribution in [0.15, 0.2) is 28.7 Å². The van der Waals surface area contributed by atoms with E-state index < -0.39 is 0 Å². The Labute approximate surface area is 85.8 Å². The van der Waals surface area contributed by atoms with Gasteiger partial charge in [0.15, 0.2) is 5.78 Å². The highest BCUT2D eigenvalue weighted by molar-refractivity contribution is 6.35. The minimum atomic E-state index is -0.127. The van der Waals surface area contributed by atoms with Crippen molar-refractivity contribution in [2.45, 2.75) is 0 Å². The molecule has 0 aliphatic rings. The van der Waals surface area contributed by atoms with Crippen molar-refractivity contribution in [2.75, 3.05) is 11.8 Å². The molecule has 0 atom stereocenters. The molecule has 13 heavy (non-hydrogen) atoms. The molecule has 2 aromatic heterocycles. The number of hydrogen-bond donors (Lipinski definition) is 0. The summed E-state index contributed by atoms with van der Waals surface area (Å²) in [4.78, 5) is 9.92. The highest BCUT2D eigenvalue weighted by atomic mass is 35.5. The van der Waals surface area contributed by atoms with E-state index in [0.29, 0.717) is 0 Å². The number of hydrogen-bond acceptors (Lipinski definition) is 2. The number of Topliss-reactive ketones (excluding diaryl/α,β-unsaturated/α-hetero) is 1. The van der Waals surface area contributed by atoms with Gasteiger partial charge in [-0.1, -0.05) is 0 Å². The largest absolute Gasteiger partial charge is 0.457 e. The van der Waals surface area contributed by atoms with Gasteiger partial charge in [0, 0.05) is 0 Å². The van der Waals surface area contributed by atoms with Gasteiger partial charge in [-0.25, -0.2) is 0 Å². The molecule has 2 aromatic rings. The van der Waals surface area contributed by atoms with Crippen LogP contribution in [0.25, 0.3) is 11.2 Å². The molecule has 4 heteroatoms. The van der Waals surface area contributed by atoms with Crippen LogP contribution in [0.5, 0.6) is 0 Å². The first kappa shape index (κ1) is 10.4. The number of benzene rings is 1. The van der Waals surface area contributed by atoms with E-state index >= 15 is 0 Å². The number of carbonyl (C=O) groups excluding carboxylic acids is 1. The quantitative estimate of drug-likeness (QED) is 0.727. The number of furan rings is 2. The molecule has 70 valence electrons. The van der Waals surface area contributed by atoms with Crippen molar-refractivity contribution >= 4 is 40.2 Å². The molecule has 2 heterocycles. The van der Waals surface area contributed by atoms with E-state index in [2.05, 4.69) is 0 Å². The van der Waals surface area contributed by atoms with Crippen molar-refractivity contribution < 1.29 is 9.21 Å². The predicted octanol–water partition coefficient (Wildman–Crippen LogP) is 2.90. The molecule has 0 amide bonds. The summed E-state index contributed by atoms with van der Waals surface area (Å²) in [5, 5.41) is 0. The number of rotatable bonds is 2. The summed E-state index contributed by atoms with van der Waals surface area (Å²) in [6, 6.07) is 7.81. The van der Waals surface area contributed by atoms with Crippen molar-refractivity contribution in [2.24, 2.45) is 0 Å². The number of alkyl halides is 2. The second-order valence-corrected chi connectivity index (χ2v) is 2.91. The second-order valence-electron chi connectivity index (χ2n) is 2.38. The third-order valence-corrected chi connectivity index (χ3v) is 1.95.